The van der Waals surface area contributed by atoms with E-state index in [0.29, 0.717) is 12.2 Å². The number of amides is 1. The number of hydrogen-bond donors (Lipinski definition) is 1. The number of carbonyl (C=O) groups excluding carboxylic acids is 1. The van der Waals surface area contributed by atoms with Gasteiger partial charge in [-0.05, 0) is 0 Å². The fraction of sp³-hybridized carbons (Fsp3) is 0.143. The van der Waals surface area contributed by atoms with Gasteiger partial charge in [-0.15, -0.1) is 10.2 Å². The van der Waals surface area contributed by atoms with Crippen molar-refractivity contribution in [3.8, 4) is 10.6 Å². The molecule has 0 saturated carbocycles. The van der Waals surface area contributed by atoms with Gasteiger partial charge in [0.15, 0.2) is 0 Å². The molecule has 106 valence electrons. The van der Waals surface area contributed by atoms with Gasteiger partial charge in [-0.1, -0.05) is 41.7 Å². The van der Waals surface area contributed by atoms with Crippen molar-refractivity contribution in [2.75, 3.05) is 0 Å². The Morgan fingerprint density at radius 1 is 1.29 bits per heavy atom. The van der Waals surface area contributed by atoms with Crippen LogP contribution in [0.4, 0.5) is 0 Å². The quantitative estimate of drug-likeness (QED) is 0.798. The summed E-state index contributed by atoms with van der Waals surface area (Å²) in [6.07, 6.45) is 3.26. The van der Waals surface area contributed by atoms with Gasteiger partial charge in [-0.3, -0.25) is 4.79 Å². The normalized spacial score (nSPS) is 10.5. The number of imidazole rings is 1. The van der Waals surface area contributed by atoms with Crippen molar-refractivity contribution in [2.45, 2.75) is 6.54 Å². The minimum atomic E-state index is -0.216. The Morgan fingerprint density at radius 2 is 2.10 bits per heavy atom. The molecule has 3 rings (SSSR count). The van der Waals surface area contributed by atoms with Crippen LogP contribution in [-0.4, -0.2) is 25.7 Å². The Bertz CT molecular complexity index is 750. The second kappa shape index (κ2) is 5.84. The predicted octanol–water partition coefficient (Wildman–Crippen LogP) is 1.87. The minimum absolute atomic E-state index is 0.216. The summed E-state index contributed by atoms with van der Waals surface area (Å²) in [5.41, 5.74) is 1.42. The standard InChI is InChI=1S/C14H13N5OS/c1-19-8-11(16-9-19)13(20)15-7-12-17-18-14(21-12)10-5-3-2-4-6-10/h2-6,8-9H,7H2,1H3,(H,15,20). The second-order valence-electron chi connectivity index (χ2n) is 4.47. The van der Waals surface area contributed by atoms with Crippen LogP contribution < -0.4 is 5.32 Å². The van der Waals surface area contributed by atoms with Gasteiger partial charge in [0.1, 0.15) is 15.7 Å². The topological polar surface area (TPSA) is 72.7 Å². The summed E-state index contributed by atoms with van der Waals surface area (Å²) < 4.78 is 1.73. The Kier molecular flexibility index (Phi) is 3.74. The highest BCUT2D eigenvalue weighted by molar-refractivity contribution is 7.14. The Hall–Kier alpha value is -2.54. The van der Waals surface area contributed by atoms with E-state index in [1.165, 1.54) is 11.3 Å². The largest absolute Gasteiger partial charge is 0.344 e. The summed E-state index contributed by atoms with van der Waals surface area (Å²) in [7, 11) is 1.82. The van der Waals surface area contributed by atoms with Crippen molar-refractivity contribution in [3.05, 3.63) is 53.6 Å². The van der Waals surface area contributed by atoms with E-state index in [1.54, 1.807) is 17.1 Å². The maximum absolute atomic E-state index is 11.9. The van der Waals surface area contributed by atoms with Crippen LogP contribution in [-0.2, 0) is 13.6 Å². The summed E-state index contributed by atoms with van der Waals surface area (Å²) in [6, 6.07) is 9.84. The molecule has 0 unspecified atom stereocenters. The van der Waals surface area contributed by atoms with E-state index in [2.05, 4.69) is 20.5 Å². The van der Waals surface area contributed by atoms with Crippen LogP contribution in [0.5, 0.6) is 0 Å². The number of rotatable bonds is 4. The van der Waals surface area contributed by atoms with Gasteiger partial charge < -0.3 is 9.88 Å². The minimum Gasteiger partial charge on any atom is -0.344 e. The molecule has 2 heterocycles. The fourth-order valence-electron chi connectivity index (χ4n) is 1.80. The lowest BCUT2D eigenvalue weighted by molar-refractivity contribution is 0.0946. The molecule has 6 nitrogen and oxygen atoms in total. The highest BCUT2D eigenvalue weighted by Crippen LogP contribution is 2.22. The molecule has 1 aromatic carbocycles. The van der Waals surface area contributed by atoms with Crippen molar-refractivity contribution in [1.82, 2.24) is 25.1 Å². The molecule has 1 N–H and O–H groups in total. The average molecular weight is 299 g/mol. The van der Waals surface area contributed by atoms with Gasteiger partial charge in [-0.25, -0.2) is 4.98 Å². The van der Waals surface area contributed by atoms with Crippen molar-refractivity contribution in [1.29, 1.82) is 0 Å². The van der Waals surface area contributed by atoms with Gasteiger partial charge in [0.05, 0.1) is 12.9 Å². The molecule has 0 aliphatic carbocycles. The lowest BCUT2D eigenvalue weighted by Crippen LogP contribution is -2.23. The molecule has 21 heavy (non-hydrogen) atoms. The summed E-state index contributed by atoms with van der Waals surface area (Å²) in [4.78, 5) is 15.9. The Balaban J connectivity index is 1.64. The van der Waals surface area contributed by atoms with Crippen LogP contribution in [0.25, 0.3) is 10.6 Å². The van der Waals surface area contributed by atoms with E-state index in [0.717, 1.165) is 15.6 Å². The first kappa shape index (κ1) is 13.4. The molecule has 0 radical (unpaired) electrons. The van der Waals surface area contributed by atoms with Gasteiger partial charge in [0.25, 0.3) is 5.91 Å². The molecular formula is C14H13N5OS. The molecule has 0 spiro atoms. The van der Waals surface area contributed by atoms with Crippen molar-refractivity contribution in [3.63, 3.8) is 0 Å². The zero-order valence-corrected chi connectivity index (χ0v) is 12.2. The molecule has 0 bridgehead atoms. The zero-order valence-electron chi connectivity index (χ0n) is 11.4. The highest BCUT2D eigenvalue weighted by atomic mass is 32.1. The SMILES string of the molecule is Cn1cnc(C(=O)NCc2nnc(-c3ccccc3)s2)c1. The van der Waals surface area contributed by atoms with Crippen molar-refractivity contribution >= 4 is 17.2 Å². The van der Waals surface area contributed by atoms with E-state index in [9.17, 15) is 4.79 Å². The zero-order chi connectivity index (χ0) is 14.7. The summed E-state index contributed by atoms with van der Waals surface area (Å²) in [6.45, 7) is 0.347. The maximum Gasteiger partial charge on any atom is 0.271 e. The Labute approximate surface area is 125 Å². The van der Waals surface area contributed by atoms with E-state index in [-0.39, 0.29) is 5.91 Å². The third-order valence-corrected chi connectivity index (χ3v) is 3.80. The average Bonchev–Trinajstić information content (AvgIpc) is 3.15. The van der Waals surface area contributed by atoms with Crippen LogP contribution >= 0.6 is 11.3 Å². The third-order valence-electron chi connectivity index (χ3n) is 2.83. The van der Waals surface area contributed by atoms with Gasteiger partial charge in [0, 0.05) is 18.8 Å². The maximum atomic E-state index is 11.9. The van der Waals surface area contributed by atoms with Crippen molar-refractivity contribution in [2.24, 2.45) is 7.05 Å². The molecular weight excluding hydrogens is 286 g/mol. The third kappa shape index (κ3) is 3.14. The number of hydrogen-bond acceptors (Lipinski definition) is 5. The molecule has 0 fully saturated rings. The van der Waals surface area contributed by atoms with Crippen LogP contribution in [0, 0.1) is 0 Å². The van der Waals surface area contributed by atoms with E-state index < -0.39 is 0 Å². The molecule has 2 aromatic heterocycles. The number of nitrogens with one attached hydrogen (secondary N) is 1. The number of benzene rings is 1. The summed E-state index contributed by atoms with van der Waals surface area (Å²) in [5, 5.41) is 12.6. The van der Waals surface area contributed by atoms with Crippen molar-refractivity contribution < 1.29 is 4.79 Å². The monoisotopic (exact) mass is 299 g/mol. The number of carbonyl (C=O) groups is 1. The van der Waals surface area contributed by atoms with Crippen LogP contribution in [0.1, 0.15) is 15.5 Å². The molecule has 0 aliphatic rings. The number of aryl methyl sites for hydroxylation is 1. The van der Waals surface area contributed by atoms with Crippen LogP contribution in [0.2, 0.25) is 0 Å². The molecule has 1 amide bonds. The molecule has 0 saturated heterocycles. The first-order valence-corrected chi connectivity index (χ1v) is 7.18. The summed E-state index contributed by atoms with van der Waals surface area (Å²) >= 11 is 1.47. The molecule has 0 atom stereocenters. The molecule has 7 heteroatoms. The lowest BCUT2D eigenvalue weighted by atomic mass is 10.2. The van der Waals surface area contributed by atoms with Crippen LogP contribution in [0.3, 0.4) is 0 Å². The van der Waals surface area contributed by atoms with Crippen LogP contribution in [0.15, 0.2) is 42.9 Å². The summed E-state index contributed by atoms with van der Waals surface area (Å²) in [5.74, 6) is -0.216. The second-order valence-corrected chi connectivity index (χ2v) is 5.54. The highest BCUT2D eigenvalue weighted by Gasteiger charge is 2.10. The van der Waals surface area contributed by atoms with Gasteiger partial charge in [0.2, 0.25) is 0 Å². The van der Waals surface area contributed by atoms with Gasteiger partial charge >= 0.3 is 0 Å². The van der Waals surface area contributed by atoms with E-state index in [1.807, 2.05) is 37.4 Å². The molecule has 0 aliphatic heterocycles. The predicted molar refractivity (Wildman–Crippen MR) is 79.7 cm³/mol. The molecule has 3 aromatic rings. The van der Waals surface area contributed by atoms with Gasteiger partial charge in [-0.2, -0.15) is 0 Å². The lowest BCUT2D eigenvalue weighted by Gasteiger charge is -1.98. The fourth-order valence-corrected chi connectivity index (χ4v) is 2.58. The first-order valence-electron chi connectivity index (χ1n) is 6.36. The Morgan fingerprint density at radius 3 is 2.81 bits per heavy atom. The number of nitrogens with zero attached hydrogens (tertiary/aromatic N) is 4. The number of aromatic nitrogens is 4. The van der Waals surface area contributed by atoms with E-state index >= 15 is 0 Å². The smallest absolute Gasteiger partial charge is 0.271 e. The first-order chi connectivity index (χ1) is 10.2. The van der Waals surface area contributed by atoms with E-state index in [4.69, 9.17) is 0 Å².